The minimum atomic E-state index is -4.54. The molecule has 5 rings (SSSR count). The van der Waals surface area contributed by atoms with E-state index in [-0.39, 0.29) is 17.2 Å². The number of pyridine rings is 1. The summed E-state index contributed by atoms with van der Waals surface area (Å²) in [6.07, 6.45) is 1.30. The normalized spacial score (nSPS) is 11.6. The van der Waals surface area contributed by atoms with Gasteiger partial charge in [0.25, 0.3) is 5.91 Å². The predicted molar refractivity (Wildman–Crippen MR) is 118 cm³/mol. The first-order chi connectivity index (χ1) is 16.3. The molecule has 0 radical (unpaired) electrons. The van der Waals surface area contributed by atoms with Crippen molar-refractivity contribution in [2.24, 2.45) is 0 Å². The standard InChI is InChI=1S/C22H15F3N8O/c23-22(24,25)14-5-8-28-16(9-14)31-21(34)13-3-1-12(2-4-13)18-17-19(26)29-11-30-20(17)33(32-18)15-6-7-27-10-15/h1-11,27H,(H2,26,29,30)(H,28,31,34). The third-order valence-electron chi connectivity index (χ3n) is 5.07. The molecule has 4 aromatic heterocycles. The zero-order valence-corrected chi connectivity index (χ0v) is 17.2. The minimum absolute atomic E-state index is 0.204. The van der Waals surface area contributed by atoms with Gasteiger partial charge in [0.1, 0.15) is 23.7 Å². The summed E-state index contributed by atoms with van der Waals surface area (Å²) in [6.45, 7) is 0. The number of amides is 1. The molecule has 0 atom stereocenters. The molecule has 1 amide bonds. The highest BCUT2D eigenvalue weighted by Crippen LogP contribution is 2.32. The van der Waals surface area contributed by atoms with E-state index >= 15 is 0 Å². The molecule has 0 saturated heterocycles. The van der Waals surface area contributed by atoms with Gasteiger partial charge in [0.15, 0.2) is 5.65 Å². The Balaban J connectivity index is 1.46. The SMILES string of the molecule is Nc1ncnc2c1c(-c1ccc(C(=O)Nc3cc(C(F)(F)F)ccn3)cc1)nn2-c1cc[nH]c1. The van der Waals surface area contributed by atoms with E-state index in [4.69, 9.17) is 5.73 Å². The van der Waals surface area contributed by atoms with Crippen LogP contribution in [0, 0.1) is 0 Å². The molecule has 0 fully saturated rings. The lowest BCUT2D eigenvalue weighted by Crippen LogP contribution is -2.14. The summed E-state index contributed by atoms with van der Waals surface area (Å²) < 4.78 is 40.3. The molecule has 1 aromatic carbocycles. The van der Waals surface area contributed by atoms with E-state index in [1.54, 1.807) is 29.2 Å². The Morgan fingerprint density at radius 2 is 1.85 bits per heavy atom. The van der Waals surface area contributed by atoms with Crippen LogP contribution in [0.15, 0.2) is 67.4 Å². The second-order valence-corrected chi connectivity index (χ2v) is 7.25. The quantitative estimate of drug-likeness (QED) is 0.368. The largest absolute Gasteiger partial charge is 0.416 e. The average molecular weight is 464 g/mol. The van der Waals surface area contributed by atoms with Crippen LogP contribution in [0.2, 0.25) is 0 Å². The molecule has 0 aliphatic rings. The number of hydrogen-bond acceptors (Lipinski definition) is 6. The van der Waals surface area contributed by atoms with Gasteiger partial charge >= 0.3 is 6.18 Å². The Bertz CT molecular complexity index is 1490. The number of carbonyl (C=O) groups is 1. The van der Waals surface area contributed by atoms with Crippen molar-refractivity contribution in [3.05, 3.63) is 78.5 Å². The molecular formula is C22H15F3N8O. The summed E-state index contributed by atoms with van der Waals surface area (Å²) in [4.78, 5) is 27.7. The topological polar surface area (TPSA) is 127 Å². The van der Waals surface area contributed by atoms with E-state index < -0.39 is 17.6 Å². The summed E-state index contributed by atoms with van der Waals surface area (Å²) >= 11 is 0. The summed E-state index contributed by atoms with van der Waals surface area (Å²) in [5.74, 6) is -0.562. The van der Waals surface area contributed by atoms with Gasteiger partial charge in [0.2, 0.25) is 0 Å². The van der Waals surface area contributed by atoms with Crippen LogP contribution >= 0.6 is 0 Å². The number of nitrogens with two attached hydrogens (primary N) is 1. The molecule has 0 aliphatic heterocycles. The Morgan fingerprint density at radius 3 is 2.56 bits per heavy atom. The van der Waals surface area contributed by atoms with Crippen LogP contribution in [0.5, 0.6) is 0 Å². The average Bonchev–Trinajstić information content (AvgIpc) is 3.47. The van der Waals surface area contributed by atoms with Crippen LogP contribution in [0.1, 0.15) is 15.9 Å². The highest BCUT2D eigenvalue weighted by molar-refractivity contribution is 6.04. The van der Waals surface area contributed by atoms with Crippen LogP contribution in [0.4, 0.5) is 24.8 Å². The number of rotatable bonds is 4. The van der Waals surface area contributed by atoms with E-state index in [1.807, 2.05) is 6.07 Å². The van der Waals surface area contributed by atoms with Gasteiger partial charge in [-0.05, 0) is 30.3 Å². The fourth-order valence-corrected chi connectivity index (χ4v) is 3.45. The molecule has 0 saturated carbocycles. The maximum atomic E-state index is 12.9. The second kappa shape index (κ2) is 7.99. The van der Waals surface area contributed by atoms with Crippen LogP contribution < -0.4 is 11.1 Å². The van der Waals surface area contributed by atoms with E-state index in [2.05, 4.69) is 30.4 Å². The van der Waals surface area contributed by atoms with Gasteiger partial charge in [-0.3, -0.25) is 4.79 Å². The molecule has 4 heterocycles. The fraction of sp³-hybridized carbons (Fsp3) is 0.0455. The molecule has 34 heavy (non-hydrogen) atoms. The maximum Gasteiger partial charge on any atom is 0.416 e. The van der Waals surface area contributed by atoms with E-state index in [0.29, 0.717) is 22.3 Å². The lowest BCUT2D eigenvalue weighted by Gasteiger charge is -2.09. The number of fused-ring (bicyclic) bond motifs is 1. The van der Waals surface area contributed by atoms with Crippen molar-refractivity contribution >= 4 is 28.6 Å². The molecule has 4 N–H and O–H groups in total. The van der Waals surface area contributed by atoms with E-state index in [1.165, 1.54) is 18.5 Å². The zero-order chi connectivity index (χ0) is 23.9. The monoisotopic (exact) mass is 464 g/mol. The zero-order valence-electron chi connectivity index (χ0n) is 17.2. The molecule has 0 unspecified atom stereocenters. The molecular weight excluding hydrogens is 449 g/mol. The summed E-state index contributed by atoms with van der Waals surface area (Å²) in [7, 11) is 0. The first-order valence-corrected chi connectivity index (χ1v) is 9.88. The van der Waals surface area contributed by atoms with Gasteiger partial charge in [-0.15, -0.1) is 0 Å². The van der Waals surface area contributed by atoms with E-state index in [0.717, 1.165) is 24.0 Å². The van der Waals surface area contributed by atoms with Gasteiger partial charge in [-0.2, -0.15) is 18.3 Å². The number of aromatic nitrogens is 6. The Morgan fingerprint density at radius 1 is 1.06 bits per heavy atom. The molecule has 170 valence electrons. The van der Waals surface area contributed by atoms with Gasteiger partial charge in [0, 0.05) is 29.7 Å². The third-order valence-corrected chi connectivity index (χ3v) is 5.07. The summed E-state index contributed by atoms with van der Waals surface area (Å²) in [5, 5.41) is 7.56. The molecule has 0 bridgehead atoms. The van der Waals surface area contributed by atoms with Crippen LogP contribution in [-0.2, 0) is 6.18 Å². The second-order valence-electron chi connectivity index (χ2n) is 7.25. The van der Waals surface area contributed by atoms with Crippen molar-refractivity contribution in [2.75, 3.05) is 11.1 Å². The minimum Gasteiger partial charge on any atom is -0.383 e. The maximum absolute atomic E-state index is 12.9. The fourth-order valence-electron chi connectivity index (χ4n) is 3.45. The number of aromatic amines is 1. The number of H-pyrrole nitrogens is 1. The van der Waals surface area contributed by atoms with Gasteiger partial charge in [-0.1, -0.05) is 12.1 Å². The number of benzene rings is 1. The van der Waals surface area contributed by atoms with Crippen LogP contribution in [0.25, 0.3) is 28.0 Å². The number of nitrogen functional groups attached to an aromatic ring is 1. The molecule has 5 aromatic rings. The molecule has 12 heteroatoms. The predicted octanol–water partition coefficient (Wildman–Crippen LogP) is 4.06. The highest BCUT2D eigenvalue weighted by atomic mass is 19.4. The Hall–Kier alpha value is -4.74. The number of nitrogens with zero attached hydrogens (tertiary/aromatic N) is 5. The number of hydrogen-bond donors (Lipinski definition) is 3. The lowest BCUT2D eigenvalue weighted by molar-refractivity contribution is -0.137. The molecule has 0 aliphatic carbocycles. The van der Waals surface area contributed by atoms with Crippen LogP contribution in [-0.4, -0.2) is 35.6 Å². The van der Waals surface area contributed by atoms with Crippen molar-refractivity contribution in [3.63, 3.8) is 0 Å². The lowest BCUT2D eigenvalue weighted by atomic mass is 10.1. The Labute approximate surface area is 189 Å². The number of halogens is 3. The molecule has 9 nitrogen and oxygen atoms in total. The number of nitrogens with one attached hydrogen (secondary N) is 2. The summed E-state index contributed by atoms with van der Waals surface area (Å²) in [6, 6.07) is 9.79. The van der Waals surface area contributed by atoms with Crippen molar-refractivity contribution in [2.45, 2.75) is 6.18 Å². The van der Waals surface area contributed by atoms with Crippen molar-refractivity contribution in [1.82, 2.24) is 29.7 Å². The highest BCUT2D eigenvalue weighted by Gasteiger charge is 2.31. The van der Waals surface area contributed by atoms with Gasteiger partial charge in [0.05, 0.1) is 16.6 Å². The summed E-state index contributed by atoms with van der Waals surface area (Å²) in [5.41, 5.74) is 7.85. The van der Waals surface area contributed by atoms with Crippen molar-refractivity contribution in [1.29, 1.82) is 0 Å². The third kappa shape index (κ3) is 3.81. The molecule has 0 spiro atoms. The Kier molecular flexibility index (Phi) is 4.97. The number of alkyl halides is 3. The van der Waals surface area contributed by atoms with Crippen molar-refractivity contribution in [3.8, 4) is 16.9 Å². The smallest absolute Gasteiger partial charge is 0.383 e. The van der Waals surface area contributed by atoms with Crippen LogP contribution in [0.3, 0.4) is 0 Å². The van der Waals surface area contributed by atoms with E-state index in [9.17, 15) is 18.0 Å². The first kappa shape index (κ1) is 21.1. The van der Waals surface area contributed by atoms with Gasteiger partial charge in [-0.25, -0.2) is 19.6 Å². The van der Waals surface area contributed by atoms with Crippen molar-refractivity contribution < 1.29 is 18.0 Å². The van der Waals surface area contributed by atoms with Gasteiger partial charge < -0.3 is 16.0 Å². The number of carbonyl (C=O) groups excluding carboxylic acids is 1. The number of anilines is 2. The first-order valence-electron chi connectivity index (χ1n) is 9.88.